The van der Waals surface area contributed by atoms with Crippen LogP contribution in [0.2, 0.25) is 0 Å². The Kier molecular flexibility index (Phi) is 9.01. The molecule has 2 atom stereocenters. The SMILES string of the molecule is Cc1ccccc1-c1nc(CN2CCC(C(=O)NCCCCN3CC(C)C[C@@H](C)C3)CC2)c(C)o1. The molecule has 2 aliphatic heterocycles. The molecule has 1 unspecified atom stereocenters. The molecule has 2 aromatic rings. The Morgan fingerprint density at radius 3 is 2.49 bits per heavy atom. The minimum Gasteiger partial charge on any atom is -0.441 e. The molecule has 0 bridgehead atoms. The predicted octanol–water partition coefficient (Wildman–Crippen LogP) is 5.04. The van der Waals surface area contributed by atoms with Crippen molar-refractivity contribution < 1.29 is 9.21 Å². The Labute approximate surface area is 211 Å². The van der Waals surface area contributed by atoms with Crippen LogP contribution < -0.4 is 5.32 Å². The standard InChI is InChI=1S/C29H44N4O2/c1-21-17-22(2)19-33(18-21)14-8-7-13-30-28(34)25-11-15-32(16-12-25)20-27-24(4)35-29(31-27)26-10-6-5-9-23(26)3/h5-6,9-10,21-22,25H,7-8,11-20H2,1-4H3,(H,30,34)/t21-,22?/m1/s1. The minimum absolute atomic E-state index is 0.135. The summed E-state index contributed by atoms with van der Waals surface area (Å²) in [4.78, 5) is 22.5. The number of likely N-dealkylation sites (tertiary alicyclic amines) is 2. The lowest BCUT2D eigenvalue weighted by Crippen LogP contribution is -2.41. The van der Waals surface area contributed by atoms with Gasteiger partial charge in [0, 0.05) is 37.7 Å². The highest BCUT2D eigenvalue weighted by molar-refractivity contribution is 5.78. The van der Waals surface area contributed by atoms with Gasteiger partial charge in [-0.3, -0.25) is 9.69 Å². The van der Waals surface area contributed by atoms with Gasteiger partial charge in [-0.15, -0.1) is 0 Å². The Morgan fingerprint density at radius 1 is 1.06 bits per heavy atom. The maximum absolute atomic E-state index is 12.7. The first kappa shape index (κ1) is 25.9. The number of piperidine rings is 2. The lowest BCUT2D eigenvalue weighted by Gasteiger charge is -2.35. The molecule has 6 nitrogen and oxygen atoms in total. The van der Waals surface area contributed by atoms with Crippen molar-refractivity contribution in [3.05, 3.63) is 41.3 Å². The smallest absolute Gasteiger partial charge is 0.226 e. The van der Waals surface area contributed by atoms with E-state index in [0.29, 0.717) is 5.89 Å². The average molecular weight is 481 g/mol. The number of hydrogen-bond donors (Lipinski definition) is 1. The van der Waals surface area contributed by atoms with Crippen LogP contribution in [0.4, 0.5) is 0 Å². The van der Waals surface area contributed by atoms with Crippen molar-refractivity contribution in [2.45, 2.75) is 66.3 Å². The van der Waals surface area contributed by atoms with Crippen LogP contribution in [0.3, 0.4) is 0 Å². The summed E-state index contributed by atoms with van der Waals surface area (Å²) in [7, 11) is 0. The second-order valence-corrected chi connectivity index (χ2v) is 11.1. The predicted molar refractivity (Wildman–Crippen MR) is 141 cm³/mol. The molecule has 35 heavy (non-hydrogen) atoms. The van der Waals surface area contributed by atoms with Crippen LogP contribution in [0.25, 0.3) is 11.5 Å². The molecule has 0 radical (unpaired) electrons. The first-order chi connectivity index (χ1) is 16.9. The van der Waals surface area contributed by atoms with E-state index in [-0.39, 0.29) is 11.8 Å². The highest BCUT2D eigenvalue weighted by Crippen LogP contribution is 2.26. The van der Waals surface area contributed by atoms with Crippen molar-refractivity contribution in [3.8, 4) is 11.5 Å². The van der Waals surface area contributed by atoms with E-state index in [9.17, 15) is 4.79 Å². The fourth-order valence-electron chi connectivity index (χ4n) is 5.86. The molecule has 1 aromatic carbocycles. The first-order valence-corrected chi connectivity index (χ1v) is 13.6. The van der Waals surface area contributed by atoms with Gasteiger partial charge in [-0.25, -0.2) is 4.98 Å². The van der Waals surface area contributed by atoms with E-state index in [1.165, 1.54) is 31.5 Å². The molecule has 192 valence electrons. The number of carbonyl (C=O) groups is 1. The lowest BCUT2D eigenvalue weighted by atomic mass is 9.92. The summed E-state index contributed by atoms with van der Waals surface area (Å²) in [5.74, 6) is 3.59. The van der Waals surface area contributed by atoms with Crippen molar-refractivity contribution in [3.63, 3.8) is 0 Å². The van der Waals surface area contributed by atoms with Gasteiger partial charge in [0.2, 0.25) is 11.8 Å². The summed E-state index contributed by atoms with van der Waals surface area (Å²) in [5, 5.41) is 3.20. The third-order valence-corrected chi connectivity index (χ3v) is 7.74. The van der Waals surface area contributed by atoms with Crippen molar-refractivity contribution in [2.24, 2.45) is 17.8 Å². The molecular formula is C29H44N4O2. The van der Waals surface area contributed by atoms with Gasteiger partial charge in [0.1, 0.15) is 5.76 Å². The molecule has 2 aliphatic rings. The lowest BCUT2D eigenvalue weighted by molar-refractivity contribution is -0.126. The molecule has 2 saturated heterocycles. The third-order valence-electron chi connectivity index (χ3n) is 7.74. The van der Waals surface area contributed by atoms with E-state index in [0.717, 1.165) is 80.8 Å². The van der Waals surface area contributed by atoms with E-state index in [1.807, 2.05) is 19.1 Å². The van der Waals surface area contributed by atoms with Gasteiger partial charge in [0.05, 0.1) is 5.69 Å². The number of oxazole rings is 1. The monoisotopic (exact) mass is 480 g/mol. The number of unbranched alkanes of at least 4 members (excludes halogenated alkanes) is 1. The van der Waals surface area contributed by atoms with E-state index in [2.05, 4.69) is 48.0 Å². The summed E-state index contributed by atoms with van der Waals surface area (Å²) < 4.78 is 5.99. The summed E-state index contributed by atoms with van der Waals surface area (Å²) in [6.45, 7) is 15.9. The summed E-state index contributed by atoms with van der Waals surface area (Å²) >= 11 is 0. The zero-order valence-electron chi connectivity index (χ0n) is 22.2. The zero-order valence-corrected chi connectivity index (χ0v) is 22.2. The normalized spacial score (nSPS) is 22.4. The van der Waals surface area contributed by atoms with E-state index >= 15 is 0 Å². The van der Waals surface area contributed by atoms with Crippen LogP contribution in [0, 0.1) is 31.6 Å². The molecule has 0 saturated carbocycles. The van der Waals surface area contributed by atoms with Gasteiger partial charge in [0.15, 0.2) is 0 Å². The molecule has 1 N–H and O–H groups in total. The van der Waals surface area contributed by atoms with E-state index in [1.54, 1.807) is 0 Å². The minimum atomic E-state index is 0.135. The van der Waals surface area contributed by atoms with Crippen LogP contribution in [-0.4, -0.2) is 60.0 Å². The molecule has 0 aliphatic carbocycles. The molecule has 2 fully saturated rings. The Morgan fingerprint density at radius 2 is 1.77 bits per heavy atom. The highest BCUT2D eigenvalue weighted by Gasteiger charge is 2.26. The Hall–Kier alpha value is -2.18. The molecule has 1 aromatic heterocycles. The molecule has 1 amide bonds. The van der Waals surface area contributed by atoms with Gasteiger partial charge in [-0.1, -0.05) is 32.0 Å². The number of nitrogens with zero attached hydrogens (tertiary/aromatic N) is 3. The number of rotatable bonds is 9. The van der Waals surface area contributed by atoms with Gasteiger partial charge in [-0.05, 0) is 89.1 Å². The number of carbonyl (C=O) groups excluding carboxylic acids is 1. The van der Waals surface area contributed by atoms with Crippen molar-refractivity contribution >= 4 is 5.91 Å². The van der Waals surface area contributed by atoms with E-state index in [4.69, 9.17) is 9.40 Å². The van der Waals surface area contributed by atoms with Gasteiger partial charge >= 0.3 is 0 Å². The quantitative estimate of drug-likeness (QED) is 0.509. The number of amides is 1. The zero-order chi connectivity index (χ0) is 24.8. The van der Waals surface area contributed by atoms with Gasteiger partial charge in [-0.2, -0.15) is 0 Å². The topological polar surface area (TPSA) is 61.6 Å². The summed E-state index contributed by atoms with van der Waals surface area (Å²) in [6, 6.07) is 8.20. The number of hydrogen-bond acceptors (Lipinski definition) is 5. The van der Waals surface area contributed by atoms with Crippen molar-refractivity contribution in [1.82, 2.24) is 20.1 Å². The highest BCUT2D eigenvalue weighted by atomic mass is 16.4. The number of benzene rings is 1. The average Bonchev–Trinajstić information content (AvgIpc) is 3.18. The second-order valence-electron chi connectivity index (χ2n) is 11.1. The maximum atomic E-state index is 12.7. The van der Waals surface area contributed by atoms with E-state index < -0.39 is 0 Å². The van der Waals surface area contributed by atoms with Crippen LogP contribution in [-0.2, 0) is 11.3 Å². The summed E-state index contributed by atoms with van der Waals surface area (Å²) in [6.07, 6.45) is 5.42. The maximum Gasteiger partial charge on any atom is 0.226 e. The molecule has 0 spiro atoms. The molecular weight excluding hydrogens is 436 g/mol. The van der Waals surface area contributed by atoms with Crippen LogP contribution in [0.1, 0.15) is 63.0 Å². The van der Waals surface area contributed by atoms with Crippen LogP contribution in [0.15, 0.2) is 28.7 Å². The fourth-order valence-corrected chi connectivity index (χ4v) is 5.86. The van der Waals surface area contributed by atoms with Crippen LogP contribution in [0.5, 0.6) is 0 Å². The van der Waals surface area contributed by atoms with Crippen molar-refractivity contribution in [2.75, 3.05) is 39.3 Å². The molecule has 3 heterocycles. The van der Waals surface area contributed by atoms with Crippen LogP contribution >= 0.6 is 0 Å². The largest absolute Gasteiger partial charge is 0.441 e. The van der Waals surface area contributed by atoms with Crippen molar-refractivity contribution in [1.29, 1.82) is 0 Å². The summed E-state index contributed by atoms with van der Waals surface area (Å²) in [5.41, 5.74) is 3.23. The van der Waals surface area contributed by atoms with Gasteiger partial charge in [0.25, 0.3) is 0 Å². The number of aryl methyl sites for hydroxylation is 2. The number of aromatic nitrogens is 1. The Bertz CT molecular complexity index is 953. The Balaban J connectivity index is 1.15. The second kappa shape index (κ2) is 12.2. The molecule has 6 heteroatoms. The van der Waals surface area contributed by atoms with Gasteiger partial charge < -0.3 is 14.6 Å². The fraction of sp³-hybridized carbons (Fsp3) is 0.655. The molecule has 4 rings (SSSR count). The third kappa shape index (κ3) is 7.17. The number of nitrogens with one attached hydrogen (secondary N) is 1. The first-order valence-electron chi connectivity index (χ1n) is 13.6.